The van der Waals surface area contributed by atoms with Crippen LogP contribution in [0.2, 0.25) is 0 Å². The zero-order chi connectivity index (χ0) is 15.8. The second kappa shape index (κ2) is 5.67. The first kappa shape index (κ1) is 16.4. The van der Waals surface area contributed by atoms with Gasteiger partial charge in [-0.25, -0.2) is 21.6 Å². The van der Waals surface area contributed by atoms with Gasteiger partial charge in [-0.05, 0) is 26.7 Å². The van der Waals surface area contributed by atoms with Crippen LogP contribution in [0.15, 0.2) is 4.90 Å². The van der Waals surface area contributed by atoms with Gasteiger partial charge in [0.15, 0.2) is 0 Å². The number of sulfonamides is 2. The zero-order valence-electron chi connectivity index (χ0n) is 12.2. The first-order valence-corrected chi connectivity index (χ1v) is 9.94. The van der Waals surface area contributed by atoms with Gasteiger partial charge < -0.3 is 0 Å². The molecule has 2 N–H and O–H groups in total. The van der Waals surface area contributed by atoms with Crippen molar-refractivity contribution in [2.75, 3.05) is 19.3 Å². The van der Waals surface area contributed by atoms with Gasteiger partial charge in [0.1, 0.15) is 4.90 Å². The van der Waals surface area contributed by atoms with E-state index in [0.29, 0.717) is 24.4 Å². The number of nitrogens with zero attached hydrogens (tertiary/aromatic N) is 2. The van der Waals surface area contributed by atoms with Crippen molar-refractivity contribution in [3.63, 3.8) is 0 Å². The number of hydrogen-bond donors (Lipinski definition) is 2. The van der Waals surface area contributed by atoms with Crippen LogP contribution in [0.5, 0.6) is 0 Å². The average molecular weight is 336 g/mol. The van der Waals surface area contributed by atoms with E-state index in [1.807, 2.05) is 0 Å². The van der Waals surface area contributed by atoms with Crippen LogP contribution in [0, 0.1) is 13.8 Å². The SMILES string of the molecule is Cc1n[nH]c(C)c1S(=O)(=O)NCC1CCCN1S(C)(=O)=O. The van der Waals surface area contributed by atoms with Gasteiger partial charge >= 0.3 is 0 Å². The molecule has 0 spiro atoms. The molecule has 1 fully saturated rings. The summed E-state index contributed by atoms with van der Waals surface area (Å²) < 4.78 is 51.7. The number of rotatable bonds is 5. The lowest BCUT2D eigenvalue weighted by molar-refractivity contribution is 0.388. The van der Waals surface area contributed by atoms with E-state index < -0.39 is 20.0 Å². The van der Waals surface area contributed by atoms with Crippen LogP contribution >= 0.6 is 0 Å². The lowest BCUT2D eigenvalue weighted by Gasteiger charge is -2.22. The smallest absolute Gasteiger partial charge is 0.244 e. The summed E-state index contributed by atoms with van der Waals surface area (Å²) in [6, 6.07) is -0.331. The van der Waals surface area contributed by atoms with Crippen LogP contribution in [-0.4, -0.2) is 56.7 Å². The largest absolute Gasteiger partial charge is 0.281 e. The molecule has 8 nitrogen and oxygen atoms in total. The van der Waals surface area contributed by atoms with Crippen LogP contribution < -0.4 is 4.72 Å². The first-order valence-electron chi connectivity index (χ1n) is 6.61. The number of H-pyrrole nitrogens is 1. The van der Waals surface area contributed by atoms with E-state index in [4.69, 9.17) is 0 Å². The summed E-state index contributed by atoms with van der Waals surface area (Å²) in [5, 5.41) is 6.49. The van der Waals surface area contributed by atoms with Crippen LogP contribution in [0.25, 0.3) is 0 Å². The normalized spacial score (nSPS) is 21.0. The molecule has 0 radical (unpaired) electrons. The molecule has 0 aromatic carbocycles. The van der Waals surface area contributed by atoms with Gasteiger partial charge in [-0.15, -0.1) is 0 Å². The molecular formula is C11H20N4O4S2. The Balaban J connectivity index is 2.13. The molecule has 0 saturated carbocycles. The van der Waals surface area contributed by atoms with Crippen molar-refractivity contribution in [1.29, 1.82) is 0 Å². The highest BCUT2D eigenvalue weighted by molar-refractivity contribution is 7.89. The first-order chi connectivity index (χ1) is 9.63. The van der Waals surface area contributed by atoms with Gasteiger partial charge in [0.25, 0.3) is 0 Å². The summed E-state index contributed by atoms with van der Waals surface area (Å²) >= 11 is 0. The molecule has 2 heterocycles. The van der Waals surface area contributed by atoms with Gasteiger partial charge in [-0.2, -0.15) is 9.40 Å². The lowest BCUT2D eigenvalue weighted by Crippen LogP contribution is -2.42. The van der Waals surface area contributed by atoms with Crippen molar-refractivity contribution in [2.24, 2.45) is 0 Å². The highest BCUT2D eigenvalue weighted by Gasteiger charge is 2.33. The van der Waals surface area contributed by atoms with Crippen molar-refractivity contribution in [3.8, 4) is 0 Å². The number of aromatic nitrogens is 2. The standard InChI is InChI=1S/C11H20N4O4S2/c1-8-11(9(2)14-13-8)21(18,19)12-7-10-5-4-6-15(10)20(3,16)17/h10,12H,4-7H2,1-3H3,(H,13,14). The quantitative estimate of drug-likeness (QED) is 0.768. The molecule has 1 aliphatic heterocycles. The molecule has 0 bridgehead atoms. The van der Waals surface area contributed by atoms with Gasteiger partial charge in [0.05, 0.1) is 17.6 Å². The Morgan fingerprint density at radius 2 is 2.00 bits per heavy atom. The molecular weight excluding hydrogens is 316 g/mol. The third-order valence-electron chi connectivity index (χ3n) is 3.59. The van der Waals surface area contributed by atoms with Crippen LogP contribution in [0.1, 0.15) is 24.2 Å². The Kier molecular flexibility index (Phi) is 4.43. The molecule has 1 aromatic rings. The highest BCUT2D eigenvalue weighted by atomic mass is 32.2. The average Bonchev–Trinajstić information content (AvgIpc) is 2.93. The van der Waals surface area contributed by atoms with E-state index in [-0.39, 0.29) is 17.5 Å². The fourth-order valence-corrected chi connectivity index (χ4v) is 5.29. The summed E-state index contributed by atoms with van der Waals surface area (Å²) in [6.45, 7) is 3.75. The maximum Gasteiger partial charge on any atom is 0.244 e. The third kappa shape index (κ3) is 3.44. The van der Waals surface area contributed by atoms with Crippen molar-refractivity contribution < 1.29 is 16.8 Å². The zero-order valence-corrected chi connectivity index (χ0v) is 13.9. The van der Waals surface area contributed by atoms with Crippen molar-refractivity contribution in [1.82, 2.24) is 19.2 Å². The van der Waals surface area contributed by atoms with E-state index in [2.05, 4.69) is 14.9 Å². The van der Waals surface area contributed by atoms with Crippen molar-refractivity contribution in [2.45, 2.75) is 37.6 Å². The second-order valence-electron chi connectivity index (χ2n) is 5.28. The Bertz CT molecular complexity index is 704. The highest BCUT2D eigenvalue weighted by Crippen LogP contribution is 2.21. The maximum atomic E-state index is 12.3. The molecule has 120 valence electrons. The van der Waals surface area contributed by atoms with Gasteiger partial charge in [0.2, 0.25) is 20.0 Å². The number of hydrogen-bond acceptors (Lipinski definition) is 5. The van der Waals surface area contributed by atoms with Crippen molar-refractivity contribution in [3.05, 3.63) is 11.4 Å². The predicted octanol–water partition coefficient (Wildman–Crippen LogP) is -0.271. The fraction of sp³-hybridized carbons (Fsp3) is 0.727. The van der Waals surface area contributed by atoms with E-state index in [0.717, 1.165) is 12.7 Å². The topological polar surface area (TPSA) is 112 Å². The Labute approximate surface area is 125 Å². The molecule has 1 atom stereocenters. The third-order valence-corrected chi connectivity index (χ3v) is 6.61. The molecule has 1 aromatic heterocycles. The van der Waals surface area contributed by atoms with Gasteiger partial charge in [0, 0.05) is 19.1 Å². The summed E-state index contributed by atoms with van der Waals surface area (Å²) in [5.74, 6) is 0. The number of aromatic amines is 1. The van der Waals surface area contributed by atoms with E-state index in [1.54, 1.807) is 13.8 Å². The summed E-state index contributed by atoms with van der Waals surface area (Å²) in [7, 11) is -7.01. The Morgan fingerprint density at radius 1 is 1.33 bits per heavy atom. The molecule has 1 aliphatic rings. The predicted molar refractivity (Wildman–Crippen MR) is 77.8 cm³/mol. The molecule has 1 unspecified atom stereocenters. The molecule has 2 rings (SSSR count). The number of nitrogens with one attached hydrogen (secondary N) is 2. The molecule has 0 aliphatic carbocycles. The Morgan fingerprint density at radius 3 is 2.52 bits per heavy atom. The van der Waals surface area contributed by atoms with Gasteiger partial charge in [-0.1, -0.05) is 0 Å². The second-order valence-corrected chi connectivity index (χ2v) is 8.92. The number of aryl methyl sites for hydroxylation is 2. The molecule has 10 heteroatoms. The Hall–Kier alpha value is -0.970. The maximum absolute atomic E-state index is 12.3. The van der Waals surface area contributed by atoms with Crippen molar-refractivity contribution >= 4 is 20.0 Å². The van der Waals surface area contributed by atoms with Crippen LogP contribution in [0.3, 0.4) is 0 Å². The molecule has 21 heavy (non-hydrogen) atoms. The minimum Gasteiger partial charge on any atom is -0.281 e. The summed E-state index contributed by atoms with van der Waals surface area (Å²) in [6.07, 6.45) is 2.53. The summed E-state index contributed by atoms with van der Waals surface area (Å²) in [5.41, 5.74) is 0.859. The lowest BCUT2D eigenvalue weighted by atomic mass is 10.2. The van der Waals surface area contributed by atoms with Crippen LogP contribution in [-0.2, 0) is 20.0 Å². The minimum atomic E-state index is -3.70. The summed E-state index contributed by atoms with van der Waals surface area (Å²) in [4.78, 5) is 0.131. The molecule has 1 saturated heterocycles. The van der Waals surface area contributed by atoms with Gasteiger partial charge in [-0.3, -0.25) is 5.10 Å². The van der Waals surface area contributed by atoms with E-state index in [9.17, 15) is 16.8 Å². The molecule has 0 amide bonds. The van der Waals surface area contributed by atoms with E-state index >= 15 is 0 Å². The van der Waals surface area contributed by atoms with E-state index in [1.165, 1.54) is 4.31 Å². The minimum absolute atomic E-state index is 0.0689. The monoisotopic (exact) mass is 336 g/mol. The van der Waals surface area contributed by atoms with Crippen LogP contribution in [0.4, 0.5) is 0 Å². The fourth-order valence-electron chi connectivity index (χ4n) is 2.66.